The van der Waals surface area contributed by atoms with E-state index >= 15 is 0 Å². The first-order valence-electron chi connectivity index (χ1n) is 5.03. The van der Waals surface area contributed by atoms with Crippen molar-refractivity contribution in [2.75, 3.05) is 0 Å². The summed E-state index contributed by atoms with van der Waals surface area (Å²) in [4.78, 5) is 10.8. The molecule has 0 fully saturated rings. The van der Waals surface area contributed by atoms with E-state index in [-0.39, 0.29) is 5.69 Å². The largest absolute Gasteiger partial charge is 0.476 e. The molecule has 0 saturated heterocycles. The van der Waals surface area contributed by atoms with Gasteiger partial charge in [-0.3, -0.25) is 0 Å². The number of aromatic nitrogens is 1. The van der Waals surface area contributed by atoms with Gasteiger partial charge in [-0.05, 0) is 28.1 Å². The van der Waals surface area contributed by atoms with Crippen LogP contribution in [0.5, 0.6) is 0 Å². The highest BCUT2D eigenvalue weighted by Crippen LogP contribution is 2.34. The highest BCUT2D eigenvalue weighted by molar-refractivity contribution is 9.10. The van der Waals surface area contributed by atoms with E-state index in [1.165, 1.54) is 6.07 Å². The van der Waals surface area contributed by atoms with Gasteiger partial charge in [0.1, 0.15) is 11.8 Å². The van der Waals surface area contributed by atoms with Gasteiger partial charge in [0.2, 0.25) is 0 Å². The standard InChI is InChI=1S/C12H6BrNO4/c13-8-5-17-11-6(8)2-1-3-7(11)10-4-9(12(15)16)14-18-10/h1-5H,(H,15,16). The van der Waals surface area contributed by atoms with Crippen LogP contribution in [0.4, 0.5) is 0 Å². The van der Waals surface area contributed by atoms with Crippen LogP contribution in [0.1, 0.15) is 10.5 Å². The summed E-state index contributed by atoms with van der Waals surface area (Å²) in [6, 6.07) is 6.87. The number of carbonyl (C=O) groups is 1. The molecule has 0 radical (unpaired) electrons. The van der Waals surface area contributed by atoms with Gasteiger partial charge in [0.15, 0.2) is 11.5 Å². The summed E-state index contributed by atoms with van der Waals surface area (Å²) in [6.45, 7) is 0. The molecule has 3 aromatic rings. The Kier molecular flexibility index (Phi) is 2.45. The minimum absolute atomic E-state index is 0.132. The summed E-state index contributed by atoms with van der Waals surface area (Å²) in [5.41, 5.74) is 1.16. The highest BCUT2D eigenvalue weighted by Gasteiger charge is 2.16. The van der Waals surface area contributed by atoms with Gasteiger partial charge < -0.3 is 14.0 Å². The van der Waals surface area contributed by atoms with Crippen LogP contribution in [0.15, 0.2) is 43.9 Å². The van der Waals surface area contributed by atoms with E-state index in [1.54, 1.807) is 12.3 Å². The van der Waals surface area contributed by atoms with Gasteiger partial charge >= 0.3 is 5.97 Å². The number of carboxylic acids is 1. The van der Waals surface area contributed by atoms with Crippen LogP contribution in [0.3, 0.4) is 0 Å². The van der Waals surface area contributed by atoms with Crippen LogP contribution in [0.2, 0.25) is 0 Å². The minimum Gasteiger partial charge on any atom is -0.476 e. The van der Waals surface area contributed by atoms with Crippen molar-refractivity contribution in [1.82, 2.24) is 5.16 Å². The van der Waals surface area contributed by atoms with E-state index in [0.717, 1.165) is 9.86 Å². The molecule has 1 aromatic carbocycles. The Morgan fingerprint density at radius 3 is 2.94 bits per heavy atom. The molecule has 0 atom stereocenters. The maximum absolute atomic E-state index is 10.8. The van der Waals surface area contributed by atoms with Crippen molar-refractivity contribution in [3.63, 3.8) is 0 Å². The first kappa shape index (κ1) is 11.0. The van der Waals surface area contributed by atoms with Crippen molar-refractivity contribution in [2.24, 2.45) is 0 Å². The maximum atomic E-state index is 10.8. The SMILES string of the molecule is O=C(O)c1cc(-c2cccc3c(Br)coc23)on1. The van der Waals surface area contributed by atoms with Crippen molar-refractivity contribution in [1.29, 1.82) is 0 Å². The highest BCUT2D eigenvalue weighted by atomic mass is 79.9. The van der Waals surface area contributed by atoms with Gasteiger partial charge in [0.05, 0.1) is 10.0 Å². The van der Waals surface area contributed by atoms with Crippen LogP contribution in [-0.2, 0) is 0 Å². The van der Waals surface area contributed by atoms with Gasteiger partial charge in [-0.1, -0.05) is 11.2 Å². The van der Waals surface area contributed by atoms with Crippen LogP contribution in [0, 0.1) is 0 Å². The summed E-state index contributed by atoms with van der Waals surface area (Å²) < 4.78 is 11.3. The number of fused-ring (bicyclic) bond motifs is 1. The lowest BCUT2D eigenvalue weighted by Gasteiger charge is -1.96. The maximum Gasteiger partial charge on any atom is 0.358 e. The van der Waals surface area contributed by atoms with Crippen LogP contribution in [-0.4, -0.2) is 16.2 Å². The second-order valence-corrected chi connectivity index (χ2v) is 4.50. The first-order chi connectivity index (χ1) is 8.66. The Morgan fingerprint density at radius 2 is 2.22 bits per heavy atom. The van der Waals surface area contributed by atoms with E-state index in [4.69, 9.17) is 14.0 Å². The van der Waals surface area contributed by atoms with Gasteiger partial charge in [-0.2, -0.15) is 0 Å². The van der Waals surface area contributed by atoms with Crippen molar-refractivity contribution in [3.8, 4) is 11.3 Å². The fourth-order valence-corrected chi connectivity index (χ4v) is 2.13. The lowest BCUT2D eigenvalue weighted by Crippen LogP contribution is -1.94. The number of aromatic carboxylic acids is 1. The lowest BCUT2D eigenvalue weighted by molar-refractivity contribution is 0.0686. The number of furan rings is 1. The van der Waals surface area contributed by atoms with Crippen LogP contribution in [0.25, 0.3) is 22.3 Å². The fraction of sp³-hybridized carbons (Fsp3) is 0. The third-order valence-corrected chi connectivity index (χ3v) is 3.16. The molecule has 0 aliphatic heterocycles. The minimum atomic E-state index is -1.13. The molecule has 0 unspecified atom stereocenters. The number of nitrogens with zero attached hydrogens (tertiary/aromatic N) is 1. The first-order valence-corrected chi connectivity index (χ1v) is 5.82. The second-order valence-electron chi connectivity index (χ2n) is 3.65. The number of hydrogen-bond acceptors (Lipinski definition) is 4. The van der Waals surface area contributed by atoms with Gasteiger partial charge in [0.25, 0.3) is 0 Å². The number of halogens is 1. The van der Waals surface area contributed by atoms with Gasteiger partial charge in [0, 0.05) is 11.5 Å². The molecule has 2 aromatic heterocycles. The number of carboxylic acid groups (broad SMARTS) is 1. The molecule has 0 amide bonds. The van der Waals surface area contributed by atoms with E-state index in [9.17, 15) is 4.79 Å². The van der Waals surface area contributed by atoms with Gasteiger partial charge in [-0.15, -0.1) is 0 Å². The molecule has 6 heteroatoms. The predicted octanol–water partition coefficient (Wildman–Crippen LogP) is 3.55. The van der Waals surface area contributed by atoms with E-state index in [2.05, 4.69) is 21.1 Å². The normalized spacial score (nSPS) is 10.9. The fourth-order valence-electron chi connectivity index (χ4n) is 1.72. The topological polar surface area (TPSA) is 76.5 Å². The quantitative estimate of drug-likeness (QED) is 0.783. The average Bonchev–Trinajstić information content (AvgIpc) is 2.97. The smallest absolute Gasteiger partial charge is 0.358 e. The predicted molar refractivity (Wildman–Crippen MR) is 66.4 cm³/mol. The molecule has 5 nitrogen and oxygen atoms in total. The van der Waals surface area contributed by atoms with Crippen molar-refractivity contribution in [2.45, 2.75) is 0 Å². The summed E-state index contributed by atoms with van der Waals surface area (Å²) in [5, 5.41) is 13.2. The van der Waals surface area contributed by atoms with Crippen LogP contribution < -0.4 is 0 Å². The third kappa shape index (κ3) is 1.62. The Balaban J connectivity index is 2.21. The van der Waals surface area contributed by atoms with E-state index in [0.29, 0.717) is 16.9 Å². The van der Waals surface area contributed by atoms with Gasteiger partial charge in [-0.25, -0.2) is 4.79 Å². The second kappa shape index (κ2) is 3.99. The van der Waals surface area contributed by atoms with Crippen molar-refractivity contribution in [3.05, 3.63) is 40.7 Å². The number of benzene rings is 1. The van der Waals surface area contributed by atoms with E-state index < -0.39 is 5.97 Å². The average molecular weight is 308 g/mol. The molecule has 0 aliphatic rings. The summed E-state index contributed by atoms with van der Waals surface area (Å²) in [6.07, 6.45) is 1.57. The molecule has 3 rings (SSSR count). The summed E-state index contributed by atoms with van der Waals surface area (Å²) in [5.74, 6) is -0.766. The molecule has 2 heterocycles. The number of hydrogen-bond donors (Lipinski definition) is 1. The molecule has 0 spiro atoms. The molecule has 0 aliphatic carbocycles. The Morgan fingerprint density at radius 1 is 1.39 bits per heavy atom. The zero-order valence-corrected chi connectivity index (χ0v) is 10.5. The molecule has 90 valence electrons. The molecule has 0 bridgehead atoms. The molecule has 0 saturated carbocycles. The summed E-state index contributed by atoms with van der Waals surface area (Å²) in [7, 11) is 0. The molecular weight excluding hydrogens is 302 g/mol. The Hall–Kier alpha value is -2.08. The zero-order chi connectivity index (χ0) is 12.7. The summed E-state index contributed by atoms with van der Waals surface area (Å²) >= 11 is 3.37. The number of rotatable bonds is 2. The Bertz CT molecular complexity index is 743. The number of para-hydroxylation sites is 1. The van der Waals surface area contributed by atoms with Crippen molar-refractivity contribution >= 4 is 32.9 Å². The molecular formula is C12H6BrNO4. The van der Waals surface area contributed by atoms with Crippen LogP contribution >= 0.6 is 15.9 Å². The lowest BCUT2D eigenvalue weighted by atomic mass is 10.1. The molecule has 18 heavy (non-hydrogen) atoms. The monoisotopic (exact) mass is 307 g/mol. The van der Waals surface area contributed by atoms with E-state index in [1.807, 2.05) is 12.1 Å². The van der Waals surface area contributed by atoms with Crippen molar-refractivity contribution < 1.29 is 18.8 Å². The zero-order valence-electron chi connectivity index (χ0n) is 8.88. The third-order valence-electron chi connectivity index (χ3n) is 2.55. The Labute approximate surface area is 109 Å². The molecule has 1 N–H and O–H groups in total.